The smallest absolute Gasteiger partial charge is 0.155 e. The SMILES string of the molecule is Cc1cc(C)c(/N=N/c2ccccc2)[nH]1. The van der Waals surface area contributed by atoms with Gasteiger partial charge in [0.05, 0.1) is 5.69 Å². The van der Waals surface area contributed by atoms with Crippen LogP contribution in [0.25, 0.3) is 0 Å². The Hall–Kier alpha value is -1.90. The van der Waals surface area contributed by atoms with Gasteiger partial charge in [0.15, 0.2) is 5.82 Å². The van der Waals surface area contributed by atoms with Gasteiger partial charge in [-0.25, -0.2) is 0 Å². The first-order chi connectivity index (χ1) is 7.25. The van der Waals surface area contributed by atoms with Gasteiger partial charge in [-0.05, 0) is 37.6 Å². The van der Waals surface area contributed by atoms with Crippen LogP contribution in [0.5, 0.6) is 0 Å². The molecule has 0 fully saturated rings. The van der Waals surface area contributed by atoms with E-state index in [9.17, 15) is 0 Å². The van der Waals surface area contributed by atoms with Crippen molar-refractivity contribution < 1.29 is 0 Å². The molecule has 2 rings (SSSR count). The number of nitrogens with zero attached hydrogens (tertiary/aromatic N) is 2. The second kappa shape index (κ2) is 4.09. The summed E-state index contributed by atoms with van der Waals surface area (Å²) in [4.78, 5) is 3.15. The molecule has 1 aromatic carbocycles. The van der Waals surface area contributed by atoms with E-state index in [2.05, 4.69) is 21.3 Å². The molecule has 0 atom stereocenters. The minimum atomic E-state index is 0.830. The molecule has 0 unspecified atom stereocenters. The van der Waals surface area contributed by atoms with E-state index in [1.807, 2.05) is 44.2 Å². The van der Waals surface area contributed by atoms with Crippen LogP contribution in [0, 0.1) is 13.8 Å². The molecule has 3 nitrogen and oxygen atoms in total. The van der Waals surface area contributed by atoms with E-state index in [0.717, 1.165) is 22.8 Å². The summed E-state index contributed by atoms with van der Waals surface area (Å²) in [6.45, 7) is 4.03. The quantitative estimate of drug-likeness (QED) is 0.709. The average Bonchev–Trinajstić information content (AvgIpc) is 2.56. The summed E-state index contributed by atoms with van der Waals surface area (Å²) in [5.74, 6) is 0.830. The lowest BCUT2D eigenvalue weighted by molar-refractivity contribution is 1.14. The van der Waals surface area contributed by atoms with Gasteiger partial charge in [0.1, 0.15) is 0 Å². The molecule has 0 spiro atoms. The third-order valence-electron chi connectivity index (χ3n) is 2.14. The van der Waals surface area contributed by atoms with Crippen molar-refractivity contribution in [2.75, 3.05) is 0 Å². The van der Waals surface area contributed by atoms with Gasteiger partial charge < -0.3 is 4.98 Å². The zero-order valence-corrected chi connectivity index (χ0v) is 8.86. The molecule has 1 heterocycles. The molecule has 0 aliphatic rings. The molecule has 0 amide bonds. The van der Waals surface area contributed by atoms with E-state index in [-0.39, 0.29) is 0 Å². The number of nitrogens with one attached hydrogen (secondary N) is 1. The average molecular weight is 199 g/mol. The molecule has 0 aliphatic heterocycles. The van der Waals surface area contributed by atoms with E-state index in [4.69, 9.17) is 0 Å². The van der Waals surface area contributed by atoms with Gasteiger partial charge in [-0.3, -0.25) is 0 Å². The molecule has 3 heteroatoms. The van der Waals surface area contributed by atoms with Crippen molar-refractivity contribution in [1.82, 2.24) is 4.98 Å². The molecule has 1 N–H and O–H groups in total. The van der Waals surface area contributed by atoms with Gasteiger partial charge in [-0.2, -0.15) is 0 Å². The van der Waals surface area contributed by atoms with Gasteiger partial charge >= 0.3 is 0 Å². The maximum Gasteiger partial charge on any atom is 0.155 e. The number of benzene rings is 1. The molecule has 76 valence electrons. The van der Waals surface area contributed by atoms with Crippen LogP contribution in [0.3, 0.4) is 0 Å². The molecule has 0 bridgehead atoms. The minimum Gasteiger partial charge on any atom is -0.342 e. The van der Waals surface area contributed by atoms with Gasteiger partial charge in [-0.1, -0.05) is 18.2 Å². The third-order valence-corrected chi connectivity index (χ3v) is 2.14. The molecule has 0 saturated carbocycles. The highest BCUT2D eigenvalue weighted by Crippen LogP contribution is 2.21. The number of hydrogen-bond donors (Lipinski definition) is 1. The van der Waals surface area contributed by atoms with Crippen LogP contribution in [-0.4, -0.2) is 4.98 Å². The van der Waals surface area contributed by atoms with E-state index in [0.29, 0.717) is 0 Å². The van der Waals surface area contributed by atoms with Crippen LogP contribution >= 0.6 is 0 Å². The first-order valence-corrected chi connectivity index (χ1v) is 4.89. The van der Waals surface area contributed by atoms with Crippen molar-refractivity contribution in [1.29, 1.82) is 0 Å². The number of hydrogen-bond acceptors (Lipinski definition) is 2. The molecule has 15 heavy (non-hydrogen) atoms. The van der Waals surface area contributed by atoms with Crippen LogP contribution in [0.4, 0.5) is 11.5 Å². The zero-order valence-electron chi connectivity index (χ0n) is 8.86. The summed E-state index contributed by atoms with van der Waals surface area (Å²) in [6, 6.07) is 11.8. The van der Waals surface area contributed by atoms with E-state index >= 15 is 0 Å². The Morgan fingerprint density at radius 2 is 1.73 bits per heavy atom. The van der Waals surface area contributed by atoms with Crippen molar-refractivity contribution >= 4 is 11.5 Å². The van der Waals surface area contributed by atoms with Crippen LogP contribution in [-0.2, 0) is 0 Å². The van der Waals surface area contributed by atoms with E-state index in [1.165, 1.54) is 0 Å². The number of aromatic amines is 1. The lowest BCUT2D eigenvalue weighted by Gasteiger charge is -1.91. The maximum absolute atomic E-state index is 4.17. The number of aromatic nitrogens is 1. The van der Waals surface area contributed by atoms with Gasteiger partial charge in [0.2, 0.25) is 0 Å². The largest absolute Gasteiger partial charge is 0.342 e. The number of azo groups is 1. The Balaban J connectivity index is 2.22. The molecule has 0 radical (unpaired) electrons. The topological polar surface area (TPSA) is 40.5 Å². The minimum absolute atomic E-state index is 0.830. The number of rotatable bonds is 2. The summed E-state index contributed by atoms with van der Waals surface area (Å²) in [7, 11) is 0. The summed E-state index contributed by atoms with van der Waals surface area (Å²) in [5.41, 5.74) is 3.09. The second-order valence-electron chi connectivity index (χ2n) is 3.52. The Morgan fingerprint density at radius 3 is 2.33 bits per heavy atom. The Bertz CT molecular complexity index is 469. The van der Waals surface area contributed by atoms with Crippen molar-refractivity contribution in [3.63, 3.8) is 0 Å². The zero-order chi connectivity index (χ0) is 10.7. The summed E-state index contributed by atoms with van der Waals surface area (Å²) in [5, 5.41) is 8.31. The lowest BCUT2D eigenvalue weighted by atomic mass is 10.3. The Morgan fingerprint density at radius 1 is 1.00 bits per heavy atom. The monoisotopic (exact) mass is 199 g/mol. The van der Waals surface area contributed by atoms with Gasteiger partial charge in [0, 0.05) is 5.69 Å². The van der Waals surface area contributed by atoms with E-state index in [1.54, 1.807) is 0 Å². The Kier molecular flexibility index (Phi) is 2.63. The van der Waals surface area contributed by atoms with Gasteiger partial charge in [0.25, 0.3) is 0 Å². The fourth-order valence-corrected chi connectivity index (χ4v) is 1.42. The standard InChI is InChI=1S/C12H13N3/c1-9-8-10(2)13-12(9)15-14-11-6-4-3-5-7-11/h3-8,13H,1-2H3/b15-14+. The molecular weight excluding hydrogens is 186 g/mol. The molecule has 0 aliphatic carbocycles. The fourth-order valence-electron chi connectivity index (χ4n) is 1.42. The van der Waals surface area contributed by atoms with Crippen molar-refractivity contribution in [2.45, 2.75) is 13.8 Å². The lowest BCUT2D eigenvalue weighted by Crippen LogP contribution is -1.67. The summed E-state index contributed by atoms with van der Waals surface area (Å²) >= 11 is 0. The predicted molar refractivity (Wildman–Crippen MR) is 60.9 cm³/mol. The summed E-state index contributed by atoms with van der Waals surface area (Å²) in [6.07, 6.45) is 0. The van der Waals surface area contributed by atoms with Crippen molar-refractivity contribution in [2.24, 2.45) is 10.2 Å². The highest BCUT2D eigenvalue weighted by Gasteiger charge is 1.99. The van der Waals surface area contributed by atoms with Crippen molar-refractivity contribution in [3.05, 3.63) is 47.7 Å². The molecular formula is C12H13N3. The van der Waals surface area contributed by atoms with Crippen molar-refractivity contribution in [3.8, 4) is 0 Å². The molecule has 2 aromatic rings. The normalized spacial score (nSPS) is 11.1. The van der Waals surface area contributed by atoms with Crippen LogP contribution < -0.4 is 0 Å². The first kappa shape index (κ1) is 9.65. The highest BCUT2D eigenvalue weighted by atomic mass is 15.1. The van der Waals surface area contributed by atoms with E-state index < -0.39 is 0 Å². The predicted octanol–water partition coefficient (Wildman–Crippen LogP) is 4.05. The van der Waals surface area contributed by atoms with Crippen LogP contribution in [0.1, 0.15) is 11.3 Å². The molecule has 0 saturated heterocycles. The van der Waals surface area contributed by atoms with Gasteiger partial charge in [-0.15, -0.1) is 10.2 Å². The molecule has 1 aromatic heterocycles. The number of aryl methyl sites for hydroxylation is 2. The maximum atomic E-state index is 4.17. The summed E-state index contributed by atoms with van der Waals surface area (Å²) < 4.78 is 0. The third kappa shape index (κ3) is 2.31. The fraction of sp³-hybridized carbons (Fsp3) is 0.167. The first-order valence-electron chi connectivity index (χ1n) is 4.89. The second-order valence-corrected chi connectivity index (χ2v) is 3.52. The highest BCUT2D eigenvalue weighted by molar-refractivity contribution is 5.42. The Labute approximate surface area is 88.9 Å². The van der Waals surface area contributed by atoms with Crippen LogP contribution in [0.2, 0.25) is 0 Å². The number of H-pyrrole nitrogens is 1. The van der Waals surface area contributed by atoms with Crippen LogP contribution in [0.15, 0.2) is 46.6 Å².